The van der Waals surface area contributed by atoms with Gasteiger partial charge in [-0.25, -0.2) is 9.78 Å². The lowest BCUT2D eigenvalue weighted by molar-refractivity contribution is -0.120. The van der Waals surface area contributed by atoms with Crippen LogP contribution in [-0.2, 0) is 4.79 Å². The number of carbonyl (C=O) groups excluding carboxylic acids is 2. The maximum absolute atomic E-state index is 11.5. The number of imide groups is 1. The van der Waals surface area contributed by atoms with Crippen molar-refractivity contribution in [3.63, 3.8) is 0 Å². The summed E-state index contributed by atoms with van der Waals surface area (Å²) >= 11 is 0. The first-order valence-electron chi connectivity index (χ1n) is 7.97. The SMILES string of the molecule is CNC(=O)NC(=O)CCCN1CCN(c2cc(C#N)ccn2)CC1. The van der Waals surface area contributed by atoms with Gasteiger partial charge in [0.2, 0.25) is 5.91 Å². The molecule has 1 fully saturated rings. The van der Waals surface area contributed by atoms with Gasteiger partial charge in [-0.05, 0) is 25.1 Å². The van der Waals surface area contributed by atoms with Crippen molar-refractivity contribution >= 4 is 17.8 Å². The van der Waals surface area contributed by atoms with Gasteiger partial charge in [-0.3, -0.25) is 15.0 Å². The van der Waals surface area contributed by atoms with E-state index in [2.05, 4.69) is 31.5 Å². The molecule has 1 aliphatic rings. The van der Waals surface area contributed by atoms with Crippen LogP contribution in [0.5, 0.6) is 0 Å². The van der Waals surface area contributed by atoms with Gasteiger partial charge in [0.25, 0.3) is 0 Å². The van der Waals surface area contributed by atoms with Crippen molar-refractivity contribution in [2.24, 2.45) is 0 Å². The summed E-state index contributed by atoms with van der Waals surface area (Å²) in [5.74, 6) is 0.573. The number of rotatable bonds is 5. The van der Waals surface area contributed by atoms with Gasteiger partial charge in [-0.15, -0.1) is 0 Å². The zero-order valence-electron chi connectivity index (χ0n) is 13.8. The third-order valence-corrected chi connectivity index (χ3v) is 3.93. The third kappa shape index (κ3) is 5.21. The van der Waals surface area contributed by atoms with Crippen LogP contribution in [-0.4, -0.2) is 61.6 Å². The number of amides is 3. The zero-order chi connectivity index (χ0) is 17.4. The van der Waals surface area contributed by atoms with Gasteiger partial charge in [-0.1, -0.05) is 0 Å². The standard InChI is InChI=1S/C16H22N6O2/c1-18-16(24)20-15(23)3-2-6-21-7-9-22(10-8-21)14-11-13(12-17)4-5-19-14/h4-5,11H,2-3,6-10H2,1H3,(H2,18,20,23,24). The van der Waals surface area contributed by atoms with Crippen LogP contribution in [0, 0.1) is 11.3 Å². The van der Waals surface area contributed by atoms with Gasteiger partial charge >= 0.3 is 6.03 Å². The number of pyridine rings is 1. The maximum atomic E-state index is 11.5. The van der Waals surface area contributed by atoms with Crippen molar-refractivity contribution < 1.29 is 9.59 Å². The normalized spacial score (nSPS) is 14.8. The molecule has 0 radical (unpaired) electrons. The van der Waals surface area contributed by atoms with E-state index in [1.165, 1.54) is 7.05 Å². The molecular weight excluding hydrogens is 308 g/mol. The van der Waals surface area contributed by atoms with Gasteiger partial charge < -0.3 is 10.2 Å². The summed E-state index contributed by atoms with van der Waals surface area (Å²) in [5.41, 5.74) is 0.615. The molecule has 0 bridgehead atoms. The Balaban J connectivity index is 1.70. The van der Waals surface area contributed by atoms with E-state index < -0.39 is 6.03 Å². The summed E-state index contributed by atoms with van der Waals surface area (Å²) in [6, 6.07) is 5.16. The minimum Gasteiger partial charge on any atom is -0.354 e. The number of urea groups is 1. The molecule has 2 heterocycles. The molecule has 0 spiro atoms. The fourth-order valence-electron chi connectivity index (χ4n) is 2.58. The maximum Gasteiger partial charge on any atom is 0.321 e. The van der Waals surface area contributed by atoms with Crippen molar-refractivity contribution in [2.45, 2.75) is 12.8 Å². The number of nitriles is 1. The van der Waals surface area contributed by atoms with Gasteiger partial charge in [-0.2, -0.15) is 5.26 Å². The van der Waals surface area contributed by atoms with E-state index in [9.17, 15) is 9.59 Å². The predicted octanol–water partition coefficient (Wildman–Crippen LogP) is 0.311. The number of aromatic nitrogens is 1. The van der Waals surface area contributed by atoms with Crippen molar-refractivity contribution in [3.8, 4) is 6.07 Å². The largest absolute Gasteiger partial charge is 0.354 e. The highest BCUT2D eigenvalue weighted by molar-refractivity contribution is 5.94. The Labute approximate surface area is 141 Å². The number of anilines is 1. The Hall–Kier alpha value is -2.66. The van der Waals surface area contributed by atoms with Gasteiger partial charge in [0.15, 0.2) is 0 Å². The van der Waals surface area contributed by atoms with Crippen LogP contribution >= 0.6 is 0 Å². The van der Waals surface area contributed by atoms with Crippen LogP contribution in [0.2, 0.25) is 0 Å². The summed E-state index contributed by atoms with van der Waals surface area (Å²) in [7, 11) is 1.48. The highest BCUT2D eigenvalue weighted by atomic mass is 16.2. The number of hydrogen-bond acceptors (Lipinski definition) is 6. The van der Waals surface area contributed by atoms with Crippen molar-refractivity contribution in [1.82, 2.24) is 20.5 Å². The number of hydrogen-bond donors (Lipinski definition) is 2. The second-order valence-electron chi connectivity index (χ2n) is 5.57. The first kappa shape index (κ1) is 17.7. The Morgan fingerprint density at radius 3 is 2.75 bits per heavy atom. The molecular formula is C16H22N6O2. The molecule has 3 amide bonds. The second kappa shape index (κ2) is 8.84. The molecule has 8 heteroatoms. The number of piperazine rings is 1. The fraction of sp³-hybridized carbons (Fsp3) is 0.500. The first-order chi connectivity index (χ1) is 11.6. The summed E-state index contributed by atoms with van der Waals surface area (Å²) in [6.07, 6.45) is 2.70. The molecule has 0 atom stereocenters. The lowest BCUT2D eigenvalue weighted by Crippen LogP contribution is -2.47. The molecule has 8 nitrogen and oxygen atoms in total. The zero-order valence-corrected chi connectivity index (χ0v) is 13.8. The van der Waals surface area contributed by atoms with Gasteiger partial charge in [0, 0.05) is 45.8 Å². The summed E-state index contributed by atoms with van der Waals surface area (Å²) in [6.45, 7) is 4.27. The molecule has 0 aliphatic carbocycles. The Kier molecular flexibility index (Phi) is 6.51. The molecule has 2 rings (SSSR count). The third-order valence-electron chi connectivity index (χ3n) is 3.93. The van der Waals surface area contributed by atoms with Crippen LogP contribution in [0.25, 0.3) is 0 Å². The highest BCUT2D eigenvalue weighted by Crippen LogP contribution is 2.15. The average Bonchev–Trinajstić information content (AvgIpc) is 2.62. The van der Waals surface area contributed by atoms with Crippen molar-refractivity contribution in [1.29, 1.82) is 5.26 Å². The van der Waals surface area contributed by atoms with Crippen LogP contribution in [0.1, 0.15) is 18.4 Å². The molecule has 0 unspecified atom stereocenters. The average molecular weight is 330 g/mol. The van der Waals surface area contributed by atoms with E-state index >= 15 is 0 Å². The Morgan fingerprint density at radius 1 is 1.33 bits per heavy atom. The minimum absolute atomic E-state index is 0.259. The quantitative estimate of drug-likeness (QED) is 0.806. The van der Waals surface area contributed by atoms with Crippen LogP contribution in [0.15, 0.2) is 18.3 Å². The topological polar surface area (TPSA) is 101 Å². The monoisotopic (exact) mass is 330 g/mol. The Bertz CT molecular complexity index is 619. The summed E-state index contributed by atoms with van der Waals surface area (Å²) in [5, 5.41) is 13.6. The van der Waals surface area contributed by atoms with Crippen molar-refractivity contribution in [2.75, 3.05) is 44.7 Å². The Morgan fingerprint density at radius 2 is 2.08 bits per heavy atom. The van der Waals surface area contributed by atoms with Crippen LogP contribution < -0.4 is 15.5 Å². The number of nitrogens with zero attached hydrogens (tertiary/aromatic N) is 4. The molecule has 1 aromatic rings. The molecule has 1 aliphatic heterocycles. The lowest BCUT2D eigenvalue weighted by Gasteiger charge is -2.35. The molecule has 1 saturated heterocycles. The molecule has 24 heavy (non-hydrogen) atoms. The van der Waals surface area contributed by atoms with Gasteiger partial charge in [0.05, 0.1) is 11.6 Å². The molecule has 0 saturated carbocycles. The minimum atomic E-state index is -0.472. The summed E-state index contributed by atoms with van der Waals surface area (Å²) < 4.78 is 0. The predicted molar refractivity (Wildman–Crippen MR) is 89.4 cm³/mol. The molecule has 2 N–H and O–H groups in total. The van der Waals surface area contributed by atoms with Crippen LogP contribution in [0.4, 0.5) is 10.6 Å². The molecule has 128 valence electrons. The summed E-state index contributed by atoms with van der Waals surface area (Å²) in [4.78, 5) is 31.3. The smallest absolute Gasteiger partial charge is 0.321 e. The molecule has 1 aromatic heterocycles. The van der Waals surface area contributed by atoms with E-state index in [1.807, 2.05) is 0 Å². The van der Waals surface area contributed by atoms with E-state index in [-0.39, 0.29) is 5.91 Å². The van der Waals surface area contributed by atoms with Crippen LogP contribution in [0.3, 0.4) is 0 Å². The lowest BCUT2D eigenvalue weighted by atomic mass is 10.2. The van der Waals surface area contributed by atoms with E-state index in [1.54, 1.807) is 18.3 Å². The fourth-order valence-corrected chi connectivity index (χ4v) is 2.58. The number of carbonyl (C=O) groups is 2. The van der Waals surface area contributed by atoms with Gasteiger partial charge in [0.1, 0.15) is 5.82 Å². The van der Waals surface area contributed by atoms with Crippen molar-refractivity contribution in [3.05, 3.63) is 23.9 Å². The second-order valence-corrected chi connectivity index (χ2v) is 5.57. The first-order valence-corrected chi connectivity index (χ1v) is 7.97. The molecule has 0 aromatic carbocycles. The van der Waals surface area contributed by atoms with E-state index in [0.29, 0.717) is 18.4 Å². The van der Waals surface area contributed by atoms with E-state index in [0.717, 1.165) is 38.5 Å². The number of nitrogens with one attached hydrogen (secondary N) is 2. The van der Waals surface area contributed by atoms with E-state index in [4.69, 9.17) is 5.26 Å². The highest BCUT2D eigenvalue weighted by Gasteiger charge is 2.18.